The maximum Gasteiger partial charge on any atom is 0.226 e. The van der Waals surface area contributed by atoms with Crippen LogP contribution in [0, 0.1) is 5.92 Å². The van der Waals surface area contributed by atoms with Crippen molar-refractivity contribution in [3.8, 4) is 11.5 Å². The van der Waals surface area contributed by atoms with E-state index in [4.69, 9.17) is 9.47 Å². The topological polar surface area (TPSA) is 38.8 Å². The van der Waals surface area contributed by atoms with E-state index >= 15 is 0 Å². The van der Waals surface area contributed by atoms with Crippen LogP contribution in [-0.4, -0.2) is 30.2 Å². The molecule has 3 rings (SSSR count). The van der Waals surface area contributed by atoms with Gasteiger partial charge in [0.1, 0.15) is 12.0 Å². The van der Waals surface area contributed by atoms with Crippen molar-refractivity contribution >= 4 is 17.7 Å². The van der Waals surface area contributed by atoms with Crippen LogP contribution in [0.2, 0.25) is 0 Å². The SMILES string of the molecule is COc1ccc(C2SCCN2C(=O)C(C)C)cc1OCc1ccccc1. The number of benzene rings is 2. The molecule has 1 atom stereocenters. The van der Waals surface area contributed by atoms with Gasteiger partial charge in [-0.3, -0.25) is 4.79 Å². The highest BCUT2D eigenvalue weighted by atomic mass is 32.2. The smallest absolute Gasteiger partial charge is 0.226 e. The number of carbonyl (C=O) groups is 1. The molecule has 0 saturated carbocycles. The quantitative estimate of drug-likeness (QED) is 0.749. The highest BCUT2D eigenvalue weighted by Crippen LogP contribution is 2.41. The fourth-order valence-electron chi connectivity index (χ4n) is 3.00. The molecule has 2 aromatic rings. The van der Waals surface area contributed by atoms with Crippen LogP contribution >= 0.6 is 11.8 Å². The number of nitrogens with zero attached hydrogens (tertiary/aromatic N) is 1. The van der Waals surface area contributed by atoms with E-state index in [0.29, 0.717) is 18.1 Å². The van der Waals surface area contributed by atoms with Gasteiger partial charge in [0.05, 0.1) is 7.11 Å². The van der Waals surface area contributed by atoms with E-state index in [1.165, 1.54) is 0 Å². The molecule has 1 fully saturated rings. The highest BCUT2D eigenvalue weighted by Gasteiger charge is 2.32. The van der Waals surface area contributed by atoms with E-state index in [0.717, 1.165) is 23.4 Å². The molecular weight excluding hydrogens is 346 g/mol. The van der Waals surface area contributed by atoms with E-state index in [9.17, 15) is 4.79 Å². The zero-order chi connectivity index (χ0) is 18.5. The lowest BCUT2D eigenvalue weighted by atomic mass is 10.1. The zero-order valence-corrected chi connectivity index (χ0v) is 16.3. The van der Waals surface area contributed by atoms with E-state index in [-0.39, 0.29) is 17.2 Å². The van der Waals surface area contributed by atoms with Crippen LogP contribution < -0.4 is 9.47 Å². The van der Waals surface area contributed by atoms with Gasteiger partial charge in [-0.2, -0.15) is 0 Å². The molecule has 0 radical (unpaired) electrons. The number of carbonyl (C=O) groups excluding carboxylic acids is 1. The van der Waals surface area contributed by atoms with Crippen LogP contribution in [0.3, 0.4) is 0 Å². The van der Waals surface area contributed by atoms with Gasteiger partial charge < -0.3 is 14.4 Å². The number of methoxy groups -OCH3 is 1. The average molecular weight is 372 g/mol. The summed E-state index contributed by atoms with van der Waals surface area (Å²) in [6.07, 6.45) is 0. The summed E-state index contributed by atoms with van der Waals surface area (Å²) >= 11 is 1.79. The lowest BCUT2D eigenvalue weighted by molar-refractivity contribution is -0.134. The summed E-state index contributed by atoms with van der Waals surface area (Å²) in [7, 11) is 1.64. The maximum absolute atomic E-state index is 12.5. The molecular formula is C21H25NO3S. The molecule has 1 unspecified atom stereocenters. The summed E-state index contributed by atoms with van der Waals surface area (Å²) in [5.41, 5.74) is 2.18. The van der Waals surface area contributed by atoms with Crippen molar-refractivity contribution in [2.45, 2.75) is 25.8 Å². The Kier molecular flexibility index (Phi) is 6.09. The van der Waals surface area contributed by atoms with Crippen molar-refractivity contribution in [3.05, 3.63) is 59.7 Å². The molecule has 1 saturated heterocycles. The van der Waals surface area contributed by atoms with Gasteiger partial charge in [-0.15, -0.1) is 11.8 Å². The third kappa shape index (κ3) is 4.15. The Balaban J connectivity index is 1.81. The van der Waals surface area contributed by atoms with Crippen LogP contribution in [0.25, 0.3) is 0 Å². The lowest BCUT2D eigenvalue weighted by Gasteiger charge is -2.26. The van der Waals surface area contributed by atoms with Gasteiger partial charge in [-0.25, -0.2) is 0 Å². The summed E-state index contributed by atoms with van der Waals surface area (Å²) in [6, 6.07) is 16.0. The third-order valence-corrected chi connectivity index (χ3v) is 5.64. The molecule has 0 aliphatic carbocycles. The normalized spacial score (nSPS) is 16.8. The van der Waals surface area contributed by atoms with E-state index in [2.05, 4.69) is 0 Å². The van der Waals surface area contributed by atoms with Crippen LogP contribution in [0.15, 0.2) is 48.5 Å². The molecule has 26 heavy (non-hydrogen) atoms. The molecule has 2 aromatic carbocycles. The Labute approximate surface area is 159 Å². The fourth-order valence-corrected chi connectivity index (χ4v) is 4.25. The second-order valence-electron chi connectivity index (χ2n) is 6.59. The van der Waals surface area contributed by atoms with Gasteiger partial charge in [0.15, 0.2) is 11.5 Å². The summed E-state index contributed by atoms with van der Waals surface area (Å²) in [5, 5.41) is 0.0369. The standard InChI is InChI=1S/C21H25NO3S/c1-15(2)20(23)22-11-12-26-21(22)17-9-10-18(24-3)19(13-17)25-14-16-7-5-4-6-8-16/h4-10,13,15,21H,11-12,14H2,1-3H3. The van der Waals surface area contributed by atoms with Crippen molar-refractivity contribution in [1.29, 1.82) is 0 Å². The van der Waals surface area contributed by atoms with Crippen molar-refractivity contribution in [1.82, 2.24) is 4.90 Å². The predicted molar refractivity (Wildman–Crippen MR) is 106 cm³/mol. The Bertz CT molecular complexity index is 748. The average Bonchev–Trinajstić information content (AvgIpc) is 3.16. The van der Waals surface area contributed by atoms with Crippen LogP contribution in [0.1, 0.15) is 30.3 Å². The summed E-state index contributed by atoms with van der Waals surface area (Å²) < 4.78 is 11.5. The van der Waals surface area contributed by atoms with E-state index in [1.807, 2.05) is 67.3 Å². The van der Waals surface area contributed by atoms with Gasteiger partial charge in [-0.05, 0) is 23.3 Å². The zero-order valence-electron chi connectivity index (χ0n) is 15.5. The molecule has 5 heteroatoms. The molecule has 1 heterocycles. The number of hydrogen-bond acceptors (Lipinski definition) is 4. The minimum absolute atomic E-state index is 0.00301. The van der Waals surface area contributed by atoms with Crippen LogP contribution in [-0.2, 0) is 11.4 Å². The fraction of sp³-hybridized carbons (Fsp3) is 0.381. The molecule has 0 N–H and O–H groups in total. The number of rotatable bonds is 6. The summed E-state index contributed by atoms with van der Waals surface area (Å²) in [6.45, 7) is 5.17. The van der Waals surface area contributed by atoms with Gasteiger partial charge in [-0.1, -0.05) is 50.2 Å². The minimum atomic E-state index is 0.00301. The first-order valence-electron chi connectivity index (χ1n) is 8.87. The Morgan fingerprint density at radius 3 is 2.65 bits per heavy atom. The van der Waals surface area contributed by atoms with Crippen molar-refractivity contribution in [2.75, 3.05) is 19.4 Å². The third-order valence-electron chi connectivity index (χ3n) is 4.38. The van der Waals surface area contributed by atoms with Crippen molar-refractivity contribution in [2.24, 2.45) is 5.92 Å². The number of thioether (sulfide) groups is 1. The number of amides is 1. The van der Waals surface area contributed by atoms with E-state index in [1.54, 1.807) is 18.9 Å². The molecule has 4 nitrogen and oxygen atoms in total. The highest BCUT2D eigenvalue weighted by molar-refractivity contribution is 7.99. The second kappa shape index (κ2) is 8.49. The van der Waals surface area contributed by atoms with Gasteiger partial charge in [0.2, 0.25) is 5.91 Å². The first kappa shape index (κ1) is 18.6. The lowest BCUT2D eigenvalue weighted by Crippen LogP contribution is -2.33. The van der Waals surface area contributed by atoms with Crippen molar-refractivity contribution < 1.29 is 14.3 Å². The second-order valence-corrected chi connectivity index (χ2v) is 7.78. The Morgan fingerprint density at radius 1 is 1.19 bits per heavy atom. The molecule has 1 amide bonds. The summed E-state index contributed by atoms with van der Waals surface area (Å²) in [4.78, 5) is 14.5. The minimum Gasteiger partial charge on any atom is -0.493 e. The Hall–Kier alpha value is -2.14. The van der Waals surface area contributed by atoms with E-state index < -0.39 is 0 Å². The molecule has 1 aliphatic heterocycles. The Morgan fingerprint density at radius 2 is 1.96 bits per heavy atom. The molecule has 138 valence electrons. The van der Waals surface area contributed by atoms with Crippen molar-refractivity contribution in [3.63, 3.8) is 0 Å². The molecule has 0 aromatic heterocycles. The molecule has 1 aliphatic rings. The van der Waals surface area contributed by atoms with Gasteiger partial charge in [0, 0.05) is 18.2 Å². The van der Waals surface area contributed by atoms with Gasteiger partial charge in [0.25, 0.3) is 0 Å². The molecule has 0 bridgehead atoms. The van der Waals surface area contributed by atoms with Crippen LogP contribution in [0.5, 0.6) is 11.5 Å². The first-order chi connectivity index (χ1) is 12.6. The maximum atomic E-state index is 12.5. The number of hydrogen-bond donors (Lipinski definition) is 0. The monoisotopic (exact) mass is 371 g/mol. The summed E-state index contributed by atoms with van der Waals surface area (Å²) in [5.74, 6) is 2.56. The molecule has 0 spiro atoms. The number of ether oxygens (including phenoxy) is 2. The largest absolute Gasteiger partial charge is 0.493 e. The van der Waals surface area contributed by atoms with Gasteiger partial charge >= 0.3 is 0 Å². The first-order valence-corrected chi connectivity index (χ1v) is 9.91. The van der Waals surface area contributed by atoms with Crippen LogP contribution in [0.4, 0.5) is 0 Å². The predicted octanol–water partition coefficient (Wildman–Crippen LogP) is 4.50.